The summed E-state index contributed by atoms with van der Waals surface area (Å²) in [7, 11) is 0. The molecule has 1 aromatic heterocycles. The number of phenols is 1. The Bertz CT molecular complexity index is 786. The fourth-order valence-electron chi connectivity index (χ4n) is 1.76. The normalized spacial score (nSPS) is 11.1. The van der Waals surface area contributed by atoms with E-state index in [4.69, 9.17) is 21.8 Å². The third kappa shape index (κ3) is 1.98. The molecule has 0 unspecified atom stereocenters. The van der Waals surface area contributed by atoms with E-state index in [0.29, 0.717) is 16.7 Å². The summed E-state index contributed by atoms with van der Waals surface area (Å²) in [5, 5.41) is 9.70. The van der Waals surface area contributed by atoms with Crippen molar-refractivity contribution >= 4 is 28.4 Å². The molecule has 0 spiro atoms. The monoisotopic (exact) mass is 278 g/mol. The van der Waals surface area contributed by atoms with Crippen molar-refractivity contribution in [1.82, 2.24) is 4.98 Å². The molecule has 0 fully saturated rings. The van der Waals surface area contributed by atoms with Crippen LogP contribution in [0.5, 0.6) is 5.75 Å². The first-order valence-electron chi connectivity index (χ1n) is 5.39. The van der Waals surface area contributed by atoms with E-state index in [1.807, 2.05) is 0 Å². The van der Waals surface area contributed by atoms with Crippen LogP contribution in [0.1, 0.15) is 0 Å². The van der Waals surface area contributed by atoms with Gasteiger partial charge in [-0.15, -0.1) is 0 Å². The van der Waals surface area contributed by atoms with Gasteiger partial charge < -0.3 is 15.3 Å². The number of phenolic OH excluding ortho intramolecular Hbond substituents is 1. The van der Waals surface area contributed by atoms with Crippen molar-refractivity contribution < 1.29 is 13.9 Å². The number of rotatable bonds is 1. The lowest BCUT2D eigenvalue weighted by Gasteiger charge is -1.99. The topological polar surface area (TPSA) is 72.3 Å². The van der Waals surface area contributed by atoms with E-state index in [0.717, 1.165) is 6.07 Å². The number of fused-ring (bicyclic) bond motifs is 1. The van der Waals surface area contributed by atoms with Crippen LogP contribution in [0, 0.1) is 5.82 Å². The number of hydrogen-bond donors (Lipinski definition) is 2. The first-order valence-corrected chi connectivity index (χ1v) is 5.77. The molecule has 4 nitrogen and oxygen atoms in total. The van der Waals surface area contributed by atoms with Crippen molar-refractivity contribution in [2.45, 2.75) is 0 Å². The van der Waals surface area contributed by atoms with Gasteiger partial charge in [0.15, 0.2) is 5.58 Å². The number of oxazole rings is 1. The van der Waals surface area contributed by atoms with Gasteiger partial charge in [0, 0.05) is 11.6 Å². The molecule has 0 aliphatic carbocycles. The molecular weight excluding hydrogens is 271 g/mol. The molecule has 0 radical (unpaired) electrons. The first kappa shape index (κ1) is 11.8. The summed E-state index contributed by atoms with van der Waals surface area (Å²) < 4.78 is 18.7. The molecule has 0 aliphatic rings. The summed E-state index contributed by atoms with van der Waals surface area (Å²) in [4.78, 5) is 4.13. The van der Waals surface area contributed by atoms with Crippen LogP contribution < -0.4 is 5.73 Å². The molecule has 2 aromatic carbocycles. The highest BCUT2D eigenvalue weighted by atomic mass is 35.5. The number of aromatic nitrogens is 1. The van der Waals surface area contributed by atoms with E-state index in [1.54, 1.807) is 6.07 Å². The van der Waals surface area contributed by atoms with Crippen molar-refractivity contribution in [1.29, 1.82) is 0 Å². The van der Waals surface area contributed by atoms with Crippen molar-refractivity contribution in [3.05, 3.63) is 41.2 Å². The van der Waals surface area contributed by atoms with Crippen LogP contribution in [0.2, 0.25) is 5.02 Å². The molecule has 3 aromatic rings. The van der Waals surface area contributed by atoms with E-state index >= 15 is 0 Å². The maximum Gasteiger partial charge on any atom is 0.227 e. The molecule has 3 rings (SSSR count). The standard InChI is InChI=1S/C13H8ClFN2O2/c14-8-4-7(15)5-10-12(8)19-13(17-10)6-1-2-9(16)11(18)3-6/h1-5,18H,16H2. The third-order valence-electron chi connectivity index (χ3n) is 2.69. The van der Waals surface area contributed by atoms with Crippen LogP contribution in [0.15, 0.2) is 34.7 Å². The summed E-state index contributed by atoms with van der Waals surface area (Å²) in [6.07, 6.45) is 0. The second-order valence-electron chi connectivity index (χ2n) is 4.03. The fourth-order valence-corrected chi connectivity index (χ4v) is 2.00. The van der Waals surface area contributed by atoms with Gasteiger partial charge in [-0.2, -0.15) is 0 Å². The molecule has 1 heterocycles. The molecule has 0 amide bonds. The highest BCUT2D eigenvalue weighted by Gasteiger charge is 2.13. The minimum atomic E-state index is -0.488. The van der Waals surface area contributed by atoms with Crippen molar-refractivity contribution in [3.8, 4) is 17.2 Å². The van der Waals surface area contributed by atoms with Gasteiger partial charge in [0.1, 0.15) is 17.1 Å². The number of hydrogen-bond acceptors (Lipinski definition) is 4. The molecule has 96 valence electrons. The lowest BCUT2D eigenvalue weighted by Crippen LogP contribution is -1.85. The van der Waals surface area contributed by atoms with Crippen LogP contribution >= 0.6 is 11.6 Å². The summed E-state index contributed by atoms with van der Waals surface area (Å²) in [5.41, 5.74) is 6.91. The lowest BCUT2D eigenvalue weighted by atomic mass is 10.2. The maximum atomic E-state index is 13.2. The van der Waals surface area contributed by atoms with E-state index in [9.17, 15) is 9.50 Å². The minimum absolute atomic E-state index is 0.0722. The molecular formula is C13H8ClFN2O2. The summed E-state index contributed by atoms with van der Waals surface area (Å²) in [6.45, 7) is 0. The van der Waals surface area contributed by atoms with Gasteiger partial charge in [0.05, 0.1) is 10.7 Å². The quantitative estimate of drug-likeness (QED) is 0.527. The average Bonchev–Trinajstić information content (AvgIpc) is 2.76. The number of halogens is 2. The number of benzene rings is 2. The predicted molar refractivity (Wildman–Crippen MR) is 70.5 cm³/mol. The highest BCUT2D eigenvalue weighted by molar-refractivity contribution is 6.34. The van der Waals surface area contributed by atoms with Crippen molar-refractivity contribution in [3.63, 3.8) is 0 Å². The Kier molecular flexibility index (Phi) is 2.57. The van der Waals surface area contributed by atoms with Crippen molar-refractivity contribution in [2.24, 2.45) is 0 Å². The number of nitrogen functional groups attached to an aromatic ring is 1. The number of nitrogens with zero attached hydrogens (tertiary/aromatic N) is 1. The molecule has 0 saturated heterocycles. The summed E-state index contributed by atoms with van der Waals surface area (Å²) >= 11 is 5.88. The van der Waals surface area contributed by atoms with Crippen molar-refractivity contribution in [2.75, 3.05) is 5.73 Å². The second kappa shape index (κ2) is 4.13. The third-order valence-corrected chi connectivity index (χ3v) is 2.97. The van der Waals surface area contributed by atoms with E-state index in [2.05, 4.69) is 4.98 Å². The number of aromatic hydroxyl groups is 1. The Morgan fingerprint density at radius 1 is 1.26 bits per heavy atom. The van der Waals surface area contributed by atoms with Crippen LogP contribution in [0.25, 0.3) is 22.6 Å². The Hall–Kier alpha value is -2.27. The van der Waals surface area contributed by atoms with Crippen LogP contribution in [0.4, 0.5) is 10.1 Å². The zero-order valence-electron chi connectivity index (χ0n) is 9.52. The lowest BCUT2D eigenvalue weighted by molar-refractivity contribution is 0.478. The zero-order chi connectivity index (χ0) is 13.6. The predicted octanol–water partition coefficient (Wildman–Crippen LogP) is 3.58. The van der Waals surface area contributed by atoms with Gasteiger partial charge in [-0.05, 0) is 24.3 Å². The Morgan fingerprint density at radius 2 is 2.05 bits per heavy atom. The molecule has 0 atom stereocenters. The van der Waals surface area contributed by atoms with Gasteiger partial charge in [0.25, 0.3) is 0 Å². The minimum Gasteiger partial charge on any atom is -0.506 e. The van der Waals surface area contributed by atoms with Gasteiger partial charge >= 0.3 is 0 Å². The molecule has 0 saturated carbocycles. The van der Waals surface area contributed by atoms with Gasteiger partial charge in [-0.3, -0.25) is 0 Å². The average molecular weight is 279 g/mol. The molecule has 0 aliphatic heterocycles. The van der Waals surface area contributed by atoms with Gasteiger partial charge in [-0.1, -0.05) is 11.6 Å². The van der Waals surface area contributed by atoms with Crippen LogP contribution in [-0.2, 0) is 0 Å². The smallest absolute Gasteiger partial charge is 0.227 e. The Morgan fingerprint density at radius 3 is 2.79 bits per heavy atom. The number of nitrogens with two attached hydrogens (primary N) is 1. The van der Waals surface area contributed by atoms with E-state index < -0.39 is 5.82 Å². The van der Waals surface area contributed by atoms with Gasteiger partial charge in [0.2, 0.25) is 5.89 Å². The summed E-state index contributed by atoms with van der Waals surface area (Å²) in [6, 6.07) is 6.97. The van der Waals surface area contributed by atoms with Crippen LogP contribution in [-0.4, -0.2) is 10.1 Å². The summed E-state index contributed by atoms with van der Waals surface area (Å²) in [5.74, 6) is -0.327. The SMILES string of the molecule is Nc1ccc(-c2nc3cc(F)cc(Cl)c3o2)cc1O. The maximum absolute atomic E-state index is 13.2. The Balaban J connectivity index is 2.20. The Labute approximate surface area is 112 Å². The second-order valence-corrected chi connectivity index (χ2v) is 4.44. The first-order chi connectivity index (χ1) is 9.04. The number of anilines is 1. The molecule has 19 heavy (non-hydrogen) atoms. The molecule has 3 N–H and O–H groups in total. The largest absolute Gasteiger partial charge is 0.506 e. The molecule has 6 heteroatoms. The fraction of sp³-hybridized carbons (Fsp3) is 0. The van der Waals surface area contributed by atoms with E-state index in [-0.39, 0.29) is 22.4 Å². The van der Waals surface area contributed by atoms with Crippen LogP contribution in [0.3, 0.4) is 0 Å². The zero-order valence-corrected chi connectivity index (χ0v) is 10.3. The molecule has 0 bridgehead atoms. The van der Waals surface area contributed by atoms with E-state index in [1.165, 1.54) is 18.2 Å². The van der Waals surface area contributed by atoms with Gasteiger partial charge in [-0.25, -0.2) is 9.37 Å². The highest BCUT2D eigenvalue weighted by Crippen LogP contribution is 2.32.